The van der Waals surface area contributed by atoms with Crippen molar-refractivity contribution < 1.29 is 9.21 Å². The van der Waals surface area contributed by atoms with Crippen molar-refractivity contribution in [1.29, 1.82) is 0 Å². The van der Waals surface area contributed by atoms with Gasteiger partial charge in [0.25, 0.3) is 11.5 Å². The molecule has 0 saturated carbocycles. The van der Waals surface area contributed by atoms with Gasteiger partial charge in [-0.2, -0.15) is 5.10 Å². The lowest BCUT2D eigenvalue weighted by atomic mass is 10.2. The highest BCUT2D eigenvalue weighted by Crippen LogP contribution is 2.12. The van der Waals surface area contributed by atoms with E-state index < -0.39 is 11.7 Å². The second-order valence-corrected chi connectivity index (χ2v) is 4.33. The summed E-state index contributed by atoms with van der Waals surface area (Å²) in [4.78, 5) is 36.3. The number of hydrogen-bond donors (Lipinski definition) is 3. The van der Waals surface area contributed by atoms with Gasteiger partial charge in [-0.15, -0.1) is 0 Å². The smallest absolute Gasteiger partial charge is 0.408 e. The Morgan fingerprint density at radius 2 is 2.10 bits per heavy atom. The van der Waals surface area contributed by atoms with Gasteiger partial charge in [0.2, 0.25) is 0 Å². The molecule has 3 aromatic rings. The summed E-state index contributed by atoms with van der Waals surface area (Å²) in [5.74, 6) is -0.939. The predicted octanol–water partition coefficient (Wildman–Crippen LogP) is 0.134. The largest absolute Gasteiger partial charge is 0.417 e. The summed E-state index contributed by atoms with van der Waals surface area (Å²) in [6.45, 7) is 0.241. The van der Waals surface area contributed by atoms with Crippen LogP contribution in [0.3, 0.4) is 0 Å². The molecule has 0 aliphatic carbocycles. The summed E-state index contributed by atoms with van der Waals surface area (Å²) in [5, 5.41) is 8.47. The molecule has 3 rings (SSSR count). The van der Waals surface area contributed by atoms with Gasteiger partial charge in [0.1, 0.15) is 5.69 Å². The third kappa shape index (κ3) is 2.73. The summed E-state index contributed by atoms with van der Waals surface area (Å²) in [5.41, 5.74) is 1.53. The van der Waals surface area contributed by atoms with E-state index in [9.17, 15) is 14.4 Å². The van der Waals surface area contributed by atoms with Gasteiger partial charge in [-0.25, -0.2) is 9.89 Å². The van der Waals surface area contributed by atoms with Crippen LogP contribution < -0.4 is 16.6 Å². The molecule has 0 aliphatic rings. The van der Waals surface area contributed by atoms with Crippen LogP contribution in [0.1, 0.15) is 16.1 Å². The van der Waals surface area contributed by atoms with E-state index in [1.165, 1.54) is 12.1 Å². The summed E-state index contributed by atoms with van der Waals surface area (Å²) in [7, 11) is 0. The minimum atomic E-state index is -0.524. The zero-order valence-corrected chi connectivity index (χ0v) is 10.7. The van der Waals surface area contributed by atoms with Crippen LogP contribution in [0.2, 0.25) is 0 Å². The standard InChI is InChI=1S/C13H10N4O4/c18-11-4-3-9(16-17-11)12(19)14-6-7-1-2-8-10(5-7)21-13(20)15-8/h1-5H,6H2,(H,14,19)(H,15,20)(H,17,18). The third-order valence-electron chi connectivity index (χ3n) is 2.85. The van der Waals surface area contributed by atoms with Gasteiger partial charge in [0, 0.05) is 12.6 Å². The van der Waals surface area contributed by atoms with Crippen molar-refractivity contribution in [2.45, 2.75) is 6.54 Å². The van der Waals surface area contributed by atoms with E-state index in [1.54, 1.807) is 18.2 Å². The molecule has 0 atom stereocenters. The Bertz CT molecular complexity index is 901. The van der Waals surface area contributed by atoms with E-state index in [2.05, 4.69) is 20.5 Å². The number of carbonyl (C=O) groups excluding carboxylic acids is 1. The number of oxazole rings is 1. The average molecular weight is 286 g/mol. The van der Waals surface area contributed by atoms with Crippen molar-refractivity contribution in [2.24, 2.45) is 0 Å². The minimum Gasteiger partial charge on any atom is -0.408 e. The molecule has 1 aromatic carbocycles. The molecule has 106 valence electrons. The molecule has 8 nitrogen and oxygen atoms in total. The Hall–Kier alpha value is -3.16. The second-order valence-electron chi connectivity index (χ2n) is 4.33. The first kappa shape index (κ1) is 12.9. The predicted molar refractivity (Wildman–Crippen MR) is 72.9 cm³/mol. The van der Waals surface area contributed by atoms with Crippen LogP contribution in [0.25, 0.3) is 11.1 Å². The molecule has 0 aliphatic heterocycles. The molecule has 0 spiro atoms. The van der Waals surface area contributed by atoms with Crippen molar-refractivity contribution in [3.63, 3.8) is 0 Å². The molecule has 0 unspecified atom stereocenters. The Morgan fingerprint density at radius 3 is 2.86 bits per heavy atom. The zero-order valence-electron chi connectivity index (χ0n) is 10.7. The van der Waals surface area contributed by atoms with Crippen molar-refractivity contribution in [3.05, 3.63) is 62.5 Å². The third-order valence-corrected chi connectivity index (χ3v) is 2.85. The van der Waals surface area contributed by atoms with Crippen LogP contribution in [-0.4, -0.2) is 21.1 Å². The molecule has 2 heterocycles. The SMILES string of the molecule is O=C(NCc1ccc2[nH]c(=O)oc2c1)c1ccc(=O)[nH]n1. The van der Waals surface area contributed by atoms with E-state index in [4.69, 9.17) is 4.42 Å². The molecule has 0 saturated heterocycles. The lowest BCUT2D eigenvalue weighted by molar-refractivity contribution is 0.0945. The molecule has 21 heavy (non-hydrogen) atoms. The summed E-state index contributed by atoms with van der Waals surface area (Å²) in [6.07, 6.45) is 0. The van der Waals surface area contributed by atoms with Gasteiger partial charge in [0.05, 0.1) is 5.52 Å². The number of carbonyl (C=O) groups is 1. The van der Waals surface area contributed by atoms with Gasteiger partial charge >= 0.3 is 5.76 Å². The zero-order chi connectivity index (χ0) is 14.8. The maximum absolute atomic E-state index is 11.8. The van der Waals surface area contributed by atoms with E-state index in [-0.39, 0.29) is 17.8 Å². The van der Waals surface area contributed by atoms with Crippen molar-refractivity contribution >= 4 is 17.0 Å². The Morgan fingerprint density at radius 1 is 1.24 bits per heavy atom. The van der Waals surface area contributed by atoms with Crippen LogP contribution >= 0.6 is 0 Å². The van der Waals surface area contributed by atoms with Crippen molar-refractivity contribution in [1.82, 2.24) is 20.5 Å². The monoisotopic (exact) mass is 286 g/mol. The number of hydrogen-bond acceptors (Lipinski definition) is 5. The molecule has 0 radical (unpaired) electrons. The quantitative estimate of drug-likeness (QED) is 0.632. The van der Waals surface area contributed by atoms with E-state index in [1.807, 2.05) is 0 Å². The Labute approximate surface area is 116 Å². The van der Waals surface area contributed by atoms with Gasteiger partial charge in [-0.05, 0) is 23.8 Å². The molecule has 1 amide bonds. The topological polar surface area (TPSA) is 121 Å². The van der Waals surface area contributed by atoms with Crippen LogP contribution in [0.5, 0.6) is 0 Å². The summed E-state index contributed by atoms with van der Waals surface area (Å²) in [6, 6.07) is 7.67. The second kappa shape index (κ2) is 5.08. The molecule has 0 bridgehead atoms. The first-order chi connectivity index (χ1) is 10.1. The minimum absolute atomic E-state index is 0.115. The number of amides is 1. The van der Waals surface area contributed by atoms with Crippen LogP contribution in [0.15, 0.2) is 44.3 Å². The van der Waals surface area contributed by atoms with Crippen LogP contribution in [0, 0.1) is 0 Å². The molecular weight excluding hydrogens is 276 g/mol. The summed E-state index contributed by atoms with van der Waals surface area (Å²) < 4.78 is 4.94. The number of fused-ring (bicyclic) bond motifs is 1. The van der Waals surface area contributed by atoms with Gasteiger partial charge in [-0.3, -0.25) is 14.6 Å². The number of aromatic amines is 2. The van der Waals surface area contributed by atoms with Crippen molar-refractivity contribution in [3.8, 4) is 0 Å². The Kier molecular flexibility index (Phi) is 3.11. The fraction of sp³-hybridized carbons (Fsp3) is 0.0769. The fourth-order valence-electron chi connectivity index (χ4n) is 1.84. The average Bonchev–Trinajstić information content (AvgIpc) is 2.84. The number of nitrogens with zero attached hydrogens (tertiary/aromatic N) is 1. The van der Waals surface area contributed by atoms with Gasteiger partial charge in [-0.1, -0.05) is 6.07 Å². The number of benzene rings is 1. The molecular formula is C13H10N4O4. The number of rotatable bonds is 3. The highest BCUT2D eigenvalue weighted by Gasteiger charge is 2.08. The highest BCUT2D eigenvalue weighted by atomic mass is 16.4. The molecule has 0 fully saturated rings. The van der Waals surface area contributed by atoms with E-state index >= 15 is 0 Å². The molecule has 2 aromatic heterocycles. The van der Waals surface area contributed by atoms with Crippen LogP contribution in [-0.2, 0) is 6.54 Å². The normalized spacial score (nSPS) is 10.7. The number of nitrogens with one attached hydrogen (secondary N) is 3. The van der Waals surface area contributed by atoms with Gasteiger partial charge in [0.15, 0.2) is 5.58 Å². The van der Waals surface area contributed by atoms with Gasteiger partial charge < -0.3 is 9.73 Å². The molecule has 8 heteroatoms. The van der Waals surface area contributed by atoms with Crippen LogP contribution in [0.4, 0.5) is 0 Å². The Balaban J connectivity index is 1.73. The lowest BCUT2D eigenvalue weighted by Gasteiger charge is -2.04. The first-order valence-electron chi connectivity index (χ1n) is 6.07. The number of H-pyrrole nitrogens is 2. The highest BCUT2D eigenvalue weighted by molar-refractivity contribution is 5.91. The van der Waals surface area contributed by atoms with Crippen molar-refractivity contribution in [2.75, 3.05) is 0 Å². The maximum Gasteiger partial charge on any atom is 0.417 e. The van der Waals surface area contributed by atoms with E-state index in [0.29, 0.717) is 11.1 Å². The lowest BCUT2D eigenvalue weighted by Crippen LogP contribution is -2.25. The first-order valence-corrected chi connectivity index (χ1v) is 6.07. The summed E-state index contributed by atoms with van der Waals surface area (Å²) >= 11 is 0. The fourth-order valence-corrected chi connectivity index (χ4v) is 1.84. The maximum atomic E-state index is 11.8. The van der Waals surface area contributed by atoms with E-state index in [0.717, 1.165) is 5.56 Å². The molecule has 3 N–H and O–H groups in total. The number of aromatic nitrogens is 3.